The molecule has 4 heterocycles. The average molecular weight is 470 g/mol. The number of rotatable bonds is 3. The average Bonchev–Trinajstić information content (AvgIpc) is 3.09. The van der Waals surface area contributed by atoms with Crippen molar-refractivity contribution in [1.29, 1.82) is 0 Å². The highest BCUT2D eigenvalue weighted by Gasteiger charge is 2.48. The number of carbonyl (C=O) groups excluding carboxylic acids is 2. The van der Waals surface area contributed by atoms with Gasteiger partial charge in [-0.05, 0) is 83.5 Å². The smallest absolute Gasteiger partial charge is 0.410 e. The fourth-order valence-corrected chi connectivity index (χ4v) is 6.98. The van der Waals surface area contributed by atoms with Crippen LogP contribution in [-0.4, -0.2) is 77.4 Å². The second-order valence-electron chi connectivity index (χ2n) is 10.9. The van der Waals surface area contributed by atoms with Crippen LogP contribution in [0.5, 0.6) is 0 Å². The summed E-state index contributed by atoms with van der Waals surface area (Å²) in [5.74, 6) is 0. The Hall–Kier alpha value is -2.28. The maximum absolute atomic E-state index is 12.8. The van der Waals surface area contributed by atoms with Crippen molar-refractivity contribution in [2.45, 2.75) is 95.5 Å². The summed E-state index contributed by atoms with van der Waals surface area (Å²) in [6.07, 6.45) is 5.94. The molecule has 0 aromatic heterocycles. The summed E-state index contributed by atoms with van der Waals surface area (Å²) in [4.78, 5) is 31.9. The van der Waals surface area contributed by atoms with Gasteiger partial charge in [-0.15, -0.1) is 0 Å². The topological polar surface area (TPSA) is 62.3 Å². The Balaban J connectivity index is 1.28. The minimum atomic E-state index is -0.200. The van der Waals surface area contributed by atoms with E-state index in [0.29, 0.717) is 31.3 Å². The van der Waals surface area contributed by atoms with Gasteiger partial charge in [-0.3, -0.25) is 0 Å². The largest absolute Gasteiger partial charge is 0.450 e. The number of fused-ring (bicyclic) bond motifs is 4. The lowest BCUT2D eigenvalue weighted by atomic mass is 9.68. The van der Waals surface area contributed by atoms with E-state index in [0.717, 1.165) is 58.2 Å². The number of hydrogen-bond acceptors (Lipinski definition) is 5. The maximum atomic E-state index is 12.8. The van der Waals surface area contributed by atoms with Crippen molar-refractivity contribution in [2.24, 2.45) is 0 Å². The molecule has 2 unspecified atom stereocenters. The van der Waals surface area contributed by atoms with E-state index >= 15 is 0 Å². The Morgan fingerprint density at radius 2 is 1.71 bits per heavy atom. The van der Waals surface area contributed by atoms with Gasteiger partial charge in [0.1, 0.15) is 0 Å². The predicted octanol–water partition coefficient (Wildman–Crippen LogP) is 4.53. The molecule has 0 saturated carbocycles. The van der Waals surface area contributed by atoms with Crippen LogP contribution >= 0.6 is 0 Å². The fourth-order valence-electron chi connectivity index (χ4n) is 6.98. The molecule has 2 bridgehead atoms. The summed E-state index contributed by atoms with van der Waals surface area (Å²) >= 11 is 0. The summed E-state index contributed by atoms with van der Waals surface area (Å²) in [5.41, 5.74) is 2.66. The van der Waals surface area contributed by atoms with Gasteiger partial charge in [-0.25, -0.2) is 9.59 Å². The zero-order valence-corrected chi connectivity index (χ0v) is 20.9. The van der Waals surface area contributed by atoms with Gasteiger partial charge < -0.3 is 24.2 Å². The van der Waals surface area contributed by atoms with Crippen molar-refractivity contribution < 1.29 is 19.1 Å². The Kier molecular flexibility index (Phi) is 6.49. The lowest BCUT2D eigenvalue weighted by molar-refractivity contribution is 0.0159. The second kappa shape index (κ2) is 9.40. The number of carbonyl (C=O) groups is 2. The summed E-state index contributed by atoms with van der Waals surface area (Å²) in [6, 6.07) is 9.81. The molecule has 2 amide bonds. The highest BCUT2D eigenvalue weighted by atomic mass is 16.6. The third-order valence-electron chi connectivity index (χ3n) is 8.50. The van der Waals surface area contributed by atoms with Gasteiger partial charge >= 0.3 is 12.2 Å². The Labute approximate surface area is 203 Å². The van der Waals surface area contributed by atoms with Crippen LogP contribution in [-0.2, 0) is 21.4 Å². The Bertz CT molecular complexity index is 897. The molecule has 186 valence electrons. The quantitative estimate of drug-likeness (QED) is 0.651. The van der Waals surface area contributed by atoms with Crippen LogP contribution in [0, 0.1) is 0 Å². The molecule has 3 saturated heterocycles. The summed E-state index contributed by atoms with van der Waals surface area (Å²) in [7, 11) is 0. The molecule has 5 rings (SSSR count). The maximum Gasteiger partial charge on any atom is 0.410 e. The van der Waals surface area contributed by atoms with Crippen LogP contribution in [0.4, 0.5) is 9.59 Å². The number of nitrogens with zero attached hydrogens (tertiary/aromatic N) is 3. The number of ether oxygens (including phenoxy) is 2. The first-order chi connectivity index (χ1) is 16.4. The molecule has 3 fully saturated rings. The van der Waals surface area contributed by atoms with E-state index in [2.05, 4.69) is 29.2 Å². The van der Waals surface area contributed by atoms with Crippen LogP contribution in [0.1, 0.15) is 70.4 Å². The molecule has 4 aliphatic rings. The SMILES string of the molecule is CCOC(=O)N1C2CCC1CC(N1CCC3(CC1)CN(C(=O)OC(C)C)Cc1ccccc13)C2. The number of likely N-dealkylation sites (tertiary alicyclic amines) is 1. The van der Waals surface area contributed by atoms with Gasteiger partial charge in [-0.1, -0.05) is 24.3 Å². The number of piperidine rings is 2. The van der Waals surface area contributed by atoms with E-state index < -0.39 is 0 Å². The number of benzene rings is 1. The molecular formula is C27H39N3O4. The van der Waals surface area contributed by atoms with Crippen molar-refractivity contribution in [2.75, 3.05) is 26.2 Å². The van der Waals surface area contributed by atoms with Crippen molar-refractivity contribution in [3.63, 3.8) is 0 Å². The van der Waals surface area contributed by atoms with E-state index in [1.807, 2.05) is 30.6 Å². The molecular weight excluding hydrogens is 430 g/mol. The predicted molar refractivity (Wildman–Crippen MR) is 130 cm³/mol. The van der Waals surface area contributed by atoms with Gasteiger partial charge in [0.05, 0.1) is 12.7 Å². The third kappa shape index (κ3) is 4.28. The second-order valence-corrected chi connectivity index (χ2v) is 10.9. The van der Waals surface area contributed by atoms with E-state index in [1.54, 1.807) is 0 Å². The first-order valence-electron chi connectivity index (χ1n) is 13.1. The highest BCUT2D eigenvalue weighted by Crippen LogP contribution is 2.44. The lowest BCUT2D eigenvalue weighted by Gasteiger charge is -2.51. The molecule has 1 aromatic rings. The van der Waals surface area contributed by atoms with Crippen LogP contribution in [0.15, 0.2) is 24.3 Å². The van der Waals surface area contributed by atoms with Crippen molar-refractivity contribution in [3.05, 3.63) is 35.4 Å². The number of hydrogen-bond donors (Lipinski definition) is 0. The van der Waals surface area contributed by atoms with E-state index in [4.69, 9.17) is 9.47 Å². The van der Waals surface area contributed by atoms with Crippen molar-refractivity contribution in [1.82, 2.24) is 14.7 Å². The van der Waals surface area contributed by atoms with Crippen LogP contribution in [0.3, 0.4) is 0 Å². The van der Waals surface area contributed by atoms with Crippen molar-refractivity contribution >= 4 is 12.2 Å². The van der Waals surface area contributed by atoms with Gasteiger partial charge in [0.2, 0.25) is 0 Å². The molecule has 1 aromatic carbocycles. The van der Waals surface area contributed by atoms with Gasteiger partial charge in [-0.2, -0.15) is 0 Å². The molecule has 0 radical (unpaired) electrons. The van der Waals surface area contributed by atoms with E-state index in [1.165, 1.54) is 11.1 Å². The standard InChI is InChI=1S/C27H39N3O4/c1-4-33-26(32)30-21-9-10-22(30)16-23(15-21)28-13-11-27(12-14-28)18-29(25(31)34-19(2)3)17-20-7-5-6-8-24(20)27/h5-8,19,21-23H,4,9-18H2,1-3H3. The first-order valence-corrected chi connectivity index (χ1v) is 13.1. The molecule has 1 spiro atoms. The molecule has 2 atom stereocenters. The van der Waals surface area contributed by atoms with Gasteiger partial charge in [0.15, 0.2) is 0 Å². The van der Waals surface area contributed by atoms with Gasteiger partial charge in [0.25, 0.3) is 0 Å². The summed E-state index contributed by atoms with van der Waals surface area (Å²) in [5, 5.41) is 0. The monoisotopic (exact) mass is 469 g/mol. The zero-order chi connectivity index (χ0) is 23.9. The minimum absolute atomic E-state index is 0.00798. The summed E-state index contributed by atoms with van der Waals surface area (Å²) < 4.78 is 10.9. The first kappa shape index (κ1) is 23.5. The van der Waals surface area contributed by atoms with Crippen LogP contribution < -0.4 is 0 Å². The van der Waals surface area contributed by atoms with Crippen LogP contribution in [0.2, 0.25) is 0 Å². The third-order valence-corrected chi connectivity index (χ3v) is 8.50. The van der Waals surface area contributed by atoms with E-state index in [-0.39, 0.29) is 23.7 Å². The molecule has 7 heteroatoms. The highest BCUT2D eigenvalue weighted by molar-refractivity contribution is 5.69. The molecule has 0 aliphatic carbocycles. The molecule has 34 heavy (non-hydrogen) atoms. The zero-order valence-electron chi connectivity index (χ0n) is 20.9. The number of amides is 2. The normalized spacial score (nSPS) is 28.2. The molecule has 7 nitrogen and oxygen atoms in total. The minimum Gasteiger partial charge on any atom is -0.450 e. The Morgan fingerprint density at radius 3 is 2.35 bits per heavy atom. The lowest BCUT2D eigenvalue weighted by Crippen LogP contribution is -2.57. The molecule has 4 aliphatic heterocycles. The molecule has 0 N–H and O–H groups in total. The van der Waals surface area contributed by atoms with Crippen LogP contribution in [0.25, 0.3) is 0 Å². The Morgan fingerprint density at radius 1 is 1.03 bits per heavy atom. The summed E-state index contributed by atoms with van der Waals surface area (Å²) in [6.45, 7) is 9.56. The van der Waals surface area contributed by atoms with Crippen molar-refractivity contribution in [3.8, 4) is 0 Å². The fraction of sp³-hybridized carbons (Fsp3) is 0.704. The van der Waals surface area contributed by atoms with Gasteiger partial charge in [0, 0.05) is 36.6 Å². The van der Waals surface area contributed by atoms with E-state index in [9.17, 15) is 9.59 Å².